The van der Waals surface area contributed by atoms with Gasteiger partial charge < -0.3 is 4.98 Å². The third-order valence-electron chi connectivity index (χ3n) is 1.75. The summed E-state index contributed by atoms with van der Waals surface area (Å²) in [6, 6.07) is 0. The Kier molecular flexibility index (Phi) is 2.06. The molecule has 0 aliphatic rings. The van der Waals surface area contributed by atoms with Crippen LogP contribution < -0.4 is 0 Å². The number of imidazole rings is 1. The first-order valence-electron chi connectivity index (χ1n) is 3.88. The van der Waals surface area contributed by atoms with Gasteiger partial charge in [-0.2, -0.15) is 5.10 Å². The number of alkyl halides is 1. The lowest BCUT2D eigenvalue weighted by atomic mass is 10.3. The second-order valence-electron chi connectivity index (χ2n) is 2.79. The van der Waals surface area contributed by atoms with Gasteiger partial charge in [0, 0.05) is 25.1 Å². The molecule has 0 radical (unpaired) electrons. The number of nitrogens with zero attached hydrogens (tertiary/aromatic N) is 3. The summed E-state index contributed by atoms with van der Waals surface area (Å²) in [6.45, 7) is 0. The maximum atomic E-state index is 5.64. The number of aryl methyl sites for hydroxylation is 1. The molecule has 0 aromatic carbocycles. The summed E-state index contributed by atoms with van der Waals surface area (Å²) >= 11 is 5.64. The van der Waals surface area contributed by atoms with Gasteiger partial charge in [0.1, 0.15) is 5.82 Å². The van der Waals surface area contributed by atoms with Gasteiger partial charge in [-0.25, -0.2) is 4.98 Å². The van der Waals surface area contributed by atoms with Crippen LogP contribution in [-0.4, -0.2) is 19.7 Å². The third-order valence-corrected chi connectivity index (χ3v) is 2.04. The van der Waals surface area contributed by atoms with Crippen molar-refractivity contribution in [1.29, 1.82) is 0 Å². The Morgan fingerprint density at radius 1 is 1.54 bits per heavy atom. The minimum absolute atomic E-state index is 0.452. The van der Waals surface area contributed by atoms with Crippen molar-refractivity contribution in [2.75, 3.05) is 0 Å². The Labute approximate surface area is 80.6 Å². The van der Waals surface area contributed by atoms with E-state index in [9.17, 15) is 0 Å². The van der Waals surface area contributed by atoms with Gasteiger partial charge in [0.05, 0.1) is 17.6 Å². The Hall–Kier alpha value is -1.29. The van der Waals surface area contributed by atoms with Crippen LogP contribution in [0, 0.1) is 0 Å². The van der Waals surface area contributed by atoms with Gasteiger partial charge in [0.2, 0.25) is 0 Å². The summed E-state index contributed by atoms with van der Waals surface area (Å²) in [4.78, 5) is 7.27. The molecular formula is C8H9ClN4. The molecule has 0 atom stereocenters. The molecule has 1 N–H and O–H groups in total. The smallest absolute Gasteiger partial charge is 0.140 e. The molecule has 0 saturated carbocycles. The average Bonchev–Trinajstić information content (AvgIpc) is 2.71. The van der Waals surface area contributed by atoms with E-state index in [4.69, 9.17) is 11.6 Å². The highest BCUT2D eigenvalue weighted by Crippen LogP contribution is 2.14. The normalized spacial score (nSPS) is 10.6. The van der Waals surface area contributed by atoms with Gasteiger partial charge in [-0.1, -0.05) is 0 Å². The fourth-order valence-electron chi connectivity index (χ4n) is 1.12. The molecule has 0 unspecified atom stereocenters. The van der Waals surface area contributed by atoms with Gasteiger partial charge in [0.15, 0.2) is 0 Å². The zero-order valence-corrected chi connectivity index (χ0v) is 7.91. The summed E-state index contributed by atoms with van der Waals surface area (Å²) in [5.74, 6) is 1.26. The standard InChI is InChI=1S/C8H9ClN4/c1-13-5-6(3-11-13)8-10-4-7(2-9)12-8/h3-5H,2H2,1H3,(H,10,12). The van der Waals surface area contributed by atoms with Crippen molar-refractivity contribution in [3.63, 3.8) is 0 Å². The monoisotopic (exact) mass is 196 g/mol. The topological polar surface area (TPSA) is 46.5 Å². The average molecular weight is 197 g/mol. The number of rotatable bonds is 2. The van der Waals surface area contributed by atoms with E-state index in [2.05, 4.69) is 15.1 Å². The SMILES string of the molecule is Cn1cc(-c2ncc(CCl)[nH]2)cn1. The summed E-state index contributed by atoms with van der Waals surface area (Å²) < 4.78 is 1.73. The highest BCUT2D eigenvalue weighted by molar-refractivity contribution is 6.16. The predicted octanol–water partition coefficient (Wildman–Crippen LogP) is 1.55. The number of hydrogen-bond donors (Lipinski definition) is 1. The van der Waals surface area contributed by atoms with Gasteiger partial charge in [0.25, 0.3) is 0 Å². The predicted molar refractivity (Wildman–Crippen MR) is 50.3 cm³/mol. The molecule has 2 heterocycles. The van der Waals surface area contributed by atoms with Crippen LogP contribution in [-0.2, 0) is 12.9 Å². The number of aromatic amines is 1. The quantitative estimate of drug-likeness (QED) is 0.741. The first-order chi connectivity index (χ1) is 6.29. The van der Waals surface area contributed by atoms with E-state index in [1.54, 1.807) is 17.1 Å². The van der Waals surface area contributed by atoms with Crippen LogP contribution in [0.4, 0.5) is 0 Å². The summed E-state index contributed by atoms with van der Waals surface area (Å²) in [7, 11) is 1.87. The lowest BCUT2D eigenvalue weighted by Gasteiger charge is -1.88. The second kappa shape index (κ2) is 3.22. The third kappa shape index (κ3) is 1.58. The lowest BCUT2D eigenvalue weighted by molar-refractivity contribution is 0.768. The molecular weight excluding hydrogens is 188 g/mol. The molecule has 4 nitrogen and oxygen atoms in total. The molecule has 0 spiro atoms. The largest absolute Gasteiger partial charge is 0.341 e. The van der Waals surface area contributed by atoms with E-state index < -0.39 is 0 Å². The van der Waals surface area contributed by atoms with Crippen LogP contribution in [0.2, 0.25) is 0 Å². The summed E-state index contributed by atoms with van der Waals surface area (Å²) in [6.07, 6.45) is 5.39. The summed E-state index contributed by atoms with van der Waals surface area (Å²) in [5.41, 5.74) is 1.89. The first kappa shape index (κ1) is 8.31. The van der Waals surface area contributed by atoms with Crippen molar-refractivity contribution in [2.45, 2.75) is 5.88 Å². The van der Waals surface area contributed by atoms with E-state index in [-0.39, 0.29) is 0 Å². The van der Waals surface area contributed by atoms with E-state index in [0.29, 0.717) is 5.88 Å². The van der Waals surface area contributed by atoms with Crippen molar-refractivity contribution in [2.24, 2.45) is 7.05 Å². The van der Waals surface area contributed by atoms with E-state index in [0.717, 1.165) is 17.1 Å². The Morgan fingerprint density at radius 3 is 2.92 bits per heavy atom. The molecule has 0 saturated heterocycles. The number of halogens is 1. The van der Waals surface area contributed by atoms with Crippen molar-refractivity contribution in [3.8, 4) is 11.4 Å². The maximum absolute atomic E-state index is 5.64. The van der Waals surface area contributed by atoms with Gasteiger partial charge >= 0.3 is 0 Å². The molecule has 0 fully saturated rings. The zero-order chi connectivity index (χ0) is 9.26. The second-order valence-corrected chi connectivity index (χ2v) is 3.06. The molecule has 0 aliphatic heterocycles. The van der Waals surface area contributed by atoms with Crippen LogP contribution in [0.3, 0.4) is 0 Å². The fourth-order valence-corrected chi connectivity index (χ4v) is 1.25. The van der Waals surface area contributed by atoms with Crippen molar-refractivity contribution < 1.29 is 0 Å². The highest BCUT2D eigenvalue weighted by atomic mass is 35.5. The number of hydrogen-bond acceptors (Lipinski definition) is 2. The molecule has 0 aliphatic carbocycles. The van der Waals surface area contributed by atoms with Gasteiger partial charge in [-0.3, -0.25) is 4.68 Å². The van der Waals surface area contributed by atoms with Crippen molar-refractivity contribution in [3.05, 3.63) is 24.3 Å². The van der Waals surface area contributed by atoms with Gasteiger partial charge in [-0.05, 0) is 0 Å². The maximum Gasteiger partial charge on any atom is 0.140 e. The number of aromatic nitrogens is 4. The van der Waals surface area contributed by atoms with Crippen LogP contribution in [0.5, 0.6) is 0 Å². The van der Waals surface area contributed by atoms with Crippen molar-refractivity contribution >= 4 is 11.6 Å². The molecule has 68 valence electrons. The Balaban J connectivity index is 2.35. The molecule has 2 rings (SSSR count). The van der Waals surface area contributed by atoms with Crippen LogP contribution >= 0.6 is 11.6 Å². The molecule has 13 heavy (non-hydrogen) atoms. The molecule has 2 aromatic rings. The molecule has 2 aromatic heterocycles. The van der Waals surface area contributed by atoms with E-state index in [1.165, 1.54) is 0 Å². The number of H-pyrrole nitrogens is 1. The minimum Gasteiger partial charge on any atom is -0.341 e. The zero-order valence-electron chi connectivity index (χ0n) is 7.16. The molecule has 5 heteroatoms. The van der Waals surface area contributed by atoms with Crippen molar-refractivity contribution in [1.82, 2.24) is 19.7 Å². The Bertz CT molecular complexity index is 404. The highest BCUT2D eigenvalue weighted by Gasteiger charge is 2.03. The summed E-state index contributed by atoms with van der Waals surface area (Å²) in [5, 5.41) is 4.05. The van der Waals surface area contributed by atoms with E-state index >= 15 is 0 Å². The van der Waals surface area contributed by atoms with Crippen LogP contribution in [0.25, 0.3) is 11.4 Å². The number of nitrogens with one attached hydrogen (secondary N) is 1. The first-order valence-corrected chi connectivity index (χ1v) is 4.42. The van der Waals surface area contributed by atoms with E-state index in [1.807, 2.05) is 13.2 Å². The van der Waals surface area contributed by atoms with Gasteiger partial charge in [-0.15, -0.1) is 11.6 Å². The lowest BCUT2D eigenvalue weighted by Crippen LogP contribution is -1.84. The van der Waals surface area contributed by atoms with Crippen LogP contribution in [0.1, 0.15) is 5.69 Å². The minimum atomic E-state index is 0.452. The fraction of sp³-hybridized carbons (Fsp3) is 0.250. The molecule has 0 bridgehead atoms. The Morgan fingerprint density at radius 2 is 2.38 bits per heavy atom. The molecule has 0 amide bonds. The van der Waals surface area contributed by atoms with Crippen LogP contribution in [0.15, 0.2) is 18.6 Å².